The topological polar surface area (TPSA) is 26.0 Å². The fourth-order valence-corrected chi connectivity index (χ4v) is 3.67. The Kier molecular flexibility index (Phi) is 2.59. The van der Waals surface area contributed by atoms with E-state index in [1.165, 1.54) is 12.8 Å². The molecule has 0 heterocycles. The quantitative estimate of drug-likeness (QED) is 0.743. The van der Waals surface area contributed by atoms with Crippen molar-refractivity contribution in [2.75, 3.05) is 6.54 Å². The Morgan fingerprint density at radius 2 is 2.14 bits per heavy atom. The molecule has 3 aliphatic rings. The molecule has 3 rings (SSSR count). The highest BCUT2D eigenvalue weighted by molar-refractivity contribution is 5.04. The molecule has 0 aromatic carbocycles. The molecule has 82 valence electrons. The lowest BCUT2D eigenvalue weighted by Gasteiger charge is -2.60. The third kappa shape index (κ3) is 1.39. The van der Waals surface area contributed by atoms with Gasteiger partial charge < -0.3 is 5.73 Å². The van der Waals surface area contributed by atoms with Gasteiger partial charge in [0.25, 0.3) is 0 Å². The zero-order chi connectivity index (χ0) is 10.3. The van der Waals surface area contributed by atoms with Crippen LogP contribution in [0, 0.1) is 23.2 Å². The monoisotopic (exact) mass is 199 g/mol. The second kappa shape index (κ2) is 3.48. The van der Waals surface area contributed by atoms with Gasteiger partial charge in [-0.15, -0.1) is 0 Å². The van der Waals surface area contributed by atoms with Gasteiger partial charge in [-0.3, -0.25) is 0 Å². The van der Waals surface area contributed by atoms with Crippen LogP contribution in [-0.4, -0.2) is 12.7 Å². The van der Waals surface area contributed by atoms with Gasteiger partial charge in [0.2, 0.25) is 0 Å². The summed E-state index contributed by atoms with van der Waals surface area (Å²) in [6.07, 6.45) is 3.51. The van der Waals surface area contributed by atoms with Gasteiger partial charge in [0.15, 0.2) is 0 Å². The molecule has 0 saturated heterocycles. The average molecular weight is 199 g/mol. The van der Waals surface area contributed by atoms with Crippen molar-refractivity contribution in [1.82, 2.24) is 0 Å². The molecule has 0 spiro atoms. The molecule has 1 nitrogen and oxygen atoms in total. The molecule has 0 aliphatic heterocycles. The summed E-state index contributed by atoms with van der Waals surface area (Å²) in [7, 11) is 0. The number of hydrogen-bond donors (Lipinski definition) is 1. The predicted octanol–water partition coefficient (Wildman–Crippen LogP) is 2.75. The fraction of sp³-hybridized carbons (Fsp3) is 1.00. The summed E-state index contributed by atoms with van der Waals surface area (Å²) in [5.41, 5.74) is 5.83. The van der Waals surface area contributed by atoms with Crippen LogP contribution in [0.3, 0.4) is 0 Å². The van der Waals surface area contributed by atoms with E-state index in [2.05, 4.69) is 13.8 Å². The van der Waals surface area contributed by atoms with Crippen LogP contribution in [0.1, 0.15) is 39.5 Å². The summed E-state index contributed by atoms with van der Waals surface area (Å²) in [6, 6.07) is 0. The van der Waals surface area contributed by atoms with Crippen molar-refractivity contribution >= 4 is 0 Å². The highest BCUT2D eigenvalue weighted by atomic mass is 19.1. The van der Waals surface area contributed by atoms with Gasteiger partial charge in [0.1, 0.15) is 6.17 Å². The minimum Gasteiger partial charge on any atom is -0.330 e. The summed E-state index contributed by atoms with van der Waals surface area (Å²) in [6.45, 7) is 5.12. The minimum absolute atomic E-state index is 0.304. The lowest BCUT2D eigenvalue weighted by molar-refractivity contribution is -0.125. The van der Waals surface area contributed by atoms with Crippen LogP contribution in [0.25, 0.3) is 0 Å². The largest absolute Gasteiger partial charge is 0.330 e. The number of alkyl halides is 1. The maximum Gasteiger partial charge on any atom is 0.104 e. The molecule has 0 aromatic heterocycles. The van der Waals surface area contributed by atoms with E-state index in [4.69, 9.17) is 5.73 Å². The first-order valence-corrected chi connectivity index (χ1v) is 5.91. The first kappa shape index (κ1) is 10.4. The molecule has 0 aromatic rings. The van der Waals surface area contributed by atoms with Crippen LogP contribution in [0.4, 0.5) is 4.39 Å². The van der Waals surface area contributed by atoms with E-state index in [1.54, 1.807) is 0 Å². The van der Waals surface area contributed by atoms with E-state index >= 15 is 0 Å². The Morgan fingerprint density at radius 1 is 1.43 bits per heavy atom. The van der Waals surface area contributed by atoms with E-state index in [1.807, 2.05) is 0 Å². The molecule has 2 heteroatoms. The zero-order valence-corrected chi connectivity index (χ0v) is 9.30. The van der Waals surface area contributed by atoms with Crippen LogP contribution in [0.15, 0.2) is 0 Å². The molecule has 2 N–H and O–H groups in total. The smallest absolute Gasteiger partial charge is 0.104 e. The van der Waals surface area contributed by atoms with Gasteiger partial charge in [-0.2, -0.15) is 0 Å². The fourth-order valence-electron chi connectivity index (χ4n) is 3.67. The van der Waals surface area contributed by atoms with Crippen molar-refractivity contribution in [3.8, 4) is 0 Å². The van der Waals surface area contributed by atoms with Crippen molar-refractivity contribution in [3.63, 3.8) is 0 Å². The minimum atomic E-state index is -0.648. The molecule has 3 aliphatic carbocycles. The molecule has 4 unspecified atom stereocenters. The molecule has 3 fully saturated rings. The normalized spacial score (nSPS) is 41.6. The molecular weight excluding hydrogens is 177 g/mol. The van der Waals surface area contributed by atoms with Crippen molar-refractivity contribution in [2.24, 2.45) is 28.9 Å². The van der Waals surface area contributed by atoms with E-state index in [0.717, 1.165) is 12.3 Å². The highest BCUT2D eigenvalue weighted by Gasteiger charge is 2.55. The molecule has 2 bridgehead atoms. The molecule has 4 atom stereocenters. The average Bonchev–Trinajstić information content (AvgIpc) is 2.18. The lowest BCUT2D eigenvalue weighted by atomic mass is 9.45. The number of fused-ring (bicyclic) bond motifs is 2. The van der Waals surface area contributed by atoms with Gasteiger partial charge in [0, 0.05) is 0 Å². The summed E-state index contributed by atoms with van der Waals surface area (Å²) < 4.78 is 13.8. The van der Waals surface area contributed by atoms with E-state index in [-0.39, 0.29) is 0 Å². The van der Waals surface area contributed by atoms with E-state index < -0.39 is 6.17 Å². The number of halogens is 1. The SMILES string of the molecule is CC1(C)C2CCC(C(F)CCN)C1C2. The van der Waals surface area contributed by atoms with Gasteiger partial charge in [-0.05, 0) is 55.4 Å². The molecule has 3 saturated carbocycles. The maximum atomic E-state index is 13.8. The summed E-state index contributed by atoms with van der Waals surface area (Å²) in [5, 5.41) is 0. The number of rotatable bonds is 3. The Bertz CT molecular complexity index is 212. The summed E-state index contributed by atoms with van der Waals surface area (Å²) in [5.74, 6) is 1.80. The predicted molar refractivity (Wildman–Crippen MR) is 56.7 cm³/mol. The first-order valence-electron chi connectivity index (χ1n) is 5.91. The van der Waals surface area contributed by atoms with Crippen LogP contribution < -0.4 is 5.73 Å². The summed E-state index contributed by atoms with van der Waals surface area (Å²) >= 11 is 0. The van der Waals surface area contributed by atoms with Gasteiger partial charge >= 0.3 is 0 Å². The third-order valence-corrected chi connectivity index (χ3v) is 4.82. The Balaban J connectivity index is 2.00. The first-order chi connectivity index (χ1) is 6.57. The Labute approximate surface area is 86.2 Å². The Hall–Kier alpha value is -0.110. The number of hydrogen-bond acceptors (Lipinski definition) is 1. The van der Waals surface area contributed by atoms with Crippen LogP contribution >= 0.6 is 0 Å². The lowest BCUT2D eigenvalue weighted by Crippen LogP contribution is -2.54. The molecule has 0 amide bonds. The molecule has 14 heavy (non-hydrogen) atoms. The second-order valence-electron chi connectivity index (χ2n) is 5.70. The van der Waals surface area contributed by atoms with Crippen LogP contribution in [0.2, 0.25) is 0 Å². The van der Waals surface area contributed by atoms with Crippen LogP contribution in [0.5, 0.6) is 0 Å². The van der Waals surface area contributed by atoms with Gasteiger partial charge in [0.05, 0.1) is 0 Å². The molecule has 0 radical (unpaired) electrons. The standard InChI is InChI=1S/C12H22FN/c1-12(2)8-3-4-9(10(12)7-8)11(13)5-6-14/h8-11H,3-7,14H2,1-2H3. The van der Waals surface area contributed by atoms with Gasteiger partial charge in [-0.1, -0.05) is 13.8 Å². The van der Waals surface area contributed by atoms with Crippen molar-refractivity contribution in [1.29, 1.82) is 0 Å². The zero-order valence-electron chi connectivity index (χ0n) is 9.30. The van der Waals surface area contributed by atoms with Crippen molar-refractivity contribution < 1.29 is 4.39 Å². The molecular formula is C12H22FN. The second-order valence-corrected chi connectivity index (χ2v) is 5.70. The van der Waals surface area contributed by atoms with Gasteiger partial charge in [-0.25, -0.2) is 4.39 Å². The highest BCUT2D eigenvalue weighted by Crippen LogP contribution is 2.62. The van der Waals surface area contributed by atoms with Crippen molar-refractivity contribution in [2.45, 2.75) is 45.7 Å². The Morgan fingerprint density at radius 3 is 2.64 bits per heavy atom. The maximum absolute atomic E-state index is 13.8. The van der Waals surface area contributed by atoms with Crippen molar-refractivity contribution in [3.05, 3.63) is 0 Å². The summed E-state index contributed by atoms with van der Waals surface area (Å²) in [4.78, 5) is 0. The van der Waals surface area contributed by atoms with E-state index in [9.17, 15) is 4.39 Å². The van der Waals surface area contributed by atoms with Crippen LogP contribution in [-0.2, 0) is 0 Å². The number of nitrogens with two attached hydrogens (primary N) is 1. The third-order valence-electron chi connectivity index (χ3n) is 4.82. The van der Waals surface area contributed by atoms with E-state index in [0.29, 0.717) is 30.2 Å².